The Kier molecular flexibility index (Phi) is 3.95. The maximum atomic E-state index is 6.32. The Morgan fingerprint density at radius 3 is 2.50 bits per heavy atom. The summed E-state index contributed by atoms with van der Waals surface area (Å²) in [4.78, 5) is 4.03. The summed E-state index contributed by atoms with van der Waals surface area (Å²) in [5, 5.41) is 0. The van der Waals surface area contributed by atoms with Crippen LogP contribution in [0, 0.1) is 0 Å². The molecule has 3 nitrogen and oxygen atoms in total. The third-order valence-electron chi connectivity index (χ3n) is 3.25. The summed E-state index contributed by atoms with van der Waals surface area (Å²) in [6, 6.07) is 11.9. The Balaban J connectivity index is 2.22. The van der Waals surface area contributed by atoms with E-state index in [-0.39, 0.29) is 12.0 Å². The van der Waals surface area contributed by atoms with Gasteiger partial charge in [-0.1, -0.05) is 19.1 Å². The first kappa shape index (κ1) is 12.6. The quantitative estimate of drug-likeness (QED) is 0.896. The van der Waals surface area contributed by atoms with Gasteiger partial charge >= 0.3 is 0 Å². The first-order chi connectivity index (χ1) is 8.72. The summed E-state index contributed by atoms with van der Waals surface area (Å²) in [6.45, 7) is 2.12. The van der Waals surface area contributed by atoms with Gasteiger partial charge in [-0.2, -0.15) is 0 Å². The van der Waals surface area contributed by atoms with E-state index in [0.29, 0.717) is 0 Å². The molecule has 0 amide bonds. The number of rotatable bonds is 4. The van der Waals surface area contributed by atoms with Gasteiger partial charge in [0.15, 0.2) is 0 Å². The Bertz CT molecular complexity index is 499. The molecule has 2 N–H and O–H groups in total. The van der Waals surface area contributed by atoms with Crippen LogP contribution in [-0.4, -0.2) is 12.1 Å². The highest BCUT2D eigenvalue weighted by atomic mass is 16.5. The van der Waals surface area contributed by atoms with Crippen molar-refractivity contribution < 1.29 is 4.74 Å². The van der Waals surface area contributed by atoms with E-state index in [1.807, 2.05) is 36.4 Å². The van der Waals surface area contributed by atoms with Gasteiger partial charge in [-0.15, -0.1) is 0 Å². The number of hydrogen-bond donors (Lipinski definition) is 1. The highest BCUT2D eigenvalue weighted by Crippen LogP contribution is 2.29. The van der Waals surface area contributed by atoms with Gasteiger partial charge < -0.3 is 10.5 Å². The van der Waals surface area contributed by atoms with E-state index >= 15 is 0 Å². The number of ether oxygens (including phenoxy) is 1. The summed E-state index contributed by atoms with van der Waals surface area (Å²) < 4.78 is 5.22. The molecule has 0 radical (unpaired) electrons. The van der Waals surface area contributed by atoms with Gasteiger partial charge in [0, 0.05) is 24.4 Å². The van der Waals surface area contributed by atoms with Crippen molar-refractivity contribution in [3.05, 3.63) is 59.9 Å². The zero-order valence-electron chi connectivity index (χ0n) is 10.7. The van der Waals surface area contributed by atoms with Gasteiger partial charge in [0.2, 0.25) is 0 Å². The fraction of sp³-hybridized carbons (Fsp3) is 0.267. The van der Waals surface area contributed by atoms with Crippen molar-refractivity contribution in [1.82, 2.24) is 4.98 Å². The average molecular weight is 242 g/mol. The molecule has 1 aromatic heterocycles. The Labute approximate surface area is 108 Å². The van der Waals surface area contributed by atoms with Crippen LogP contribution in [0.3, 0.4) is 0 Å². The molecule has 94 valence electrons. The largest absolute Gasteiger partial charge is 0.497 e. The molecule has 1 aromatic carbocycles. The maximum Gasteiger partial charge on any atom is 0.119 e. The second-order valence-electron chi connectivity index (χ2n) is 4.37. The highest BCUT2D eigenvalue weighted by Gasteiger charge is 2.16. The maximum absolute atomic E-state index is 6.32. The molecule has 0 aliphatic carbocycles. The van der Waals surface area contributed by atoms with Crippen molar-refractivity contribution in [2.24, 2.45) is 5.73 Å². The monoisotopic (exact) mass is 242 g/mol. The number of nitrogens with zero attached hydrogens (tertiary/aromatic N) is 1. The van der Waals surface area contributed by atoms with Crippen molar-refractivity contribution in [3.63, 3.8) is 0 Å². The Morgan fingerprint density at radius 2 is 1.83 bits per heavy atom. The minimum atomic E-state index is -0.0532. The van der Waals surface area contributed by atoms with Crippen LogP contribution in [0.2, 0.25) is 0 Å². The van der Waals surface area contributed by atoms with Crippen LogP contribution >= 0.6 is 0 Å². The fourth-order valence-corrected chi connectivity index (χ4v) is 2.01. The Morgan fingerprint density at radius 1 is 1.11 bits per heavy atom. The lowest BCUT2D eigenvalue weighted by Crippen LogP contribution is -2.17. The highest BCUT2D eigenvalue weighted by molar-refractivity contribution is 5.32. The molecule has 0 saturated heterocycles. The molecule has 0 aliphatic heterocycles. The minimum absolute atomic E-state index is 0.0532. The molecule has 0 saturated carbocycles. The van der Waals surface area contributed by atoms with Gasteiger partial charge in [0.25, 0.3) is 0 Å². The molecule has 0 bridgehead atoms. The van der Waals surface area contributed by atoms with Crippen molar-refractivity contribution in [3.8, 4) is 5.75 Å². The van der Waals surface area contributed by atoms with Crippen LogP contribution in [0.15, 0.2) is 48.8 Å². The third kappa shape index (κ3) is 2.68. The average Bonchev–Trinajstić information content (AvgIpc) is 2.46. The normalized spacial score (nSPS) is 13.9. The van der Waals surface area contributed by atoms with Gasteiger partial charge in [-0.05, 0) is 35.4 Å². The molecule has 18 heavy (non-hydrogen) atoms. The van der Waals surface area contributed by atoms with Gasteiger partial charge in [-0.3, -0.25) is 4.98 Å². The van der Waals surface area contributed by atoms with Crippen LogP contribution < -0.4 is 10.5 Å². The van der Waals surface area contributed by atoms with E-state index in [2.05, 4.69) is 11.9 Å². The first-order valence-electron chi connectivity index (χ1n) is 6.02. The van der Waals surface area contributed by atoms with E-state index in [1.165, 1.54) is 5.56 Å². The van der Waals surface area contributed by atoms with E-state index in [0.717, 1.165) is 11.3 Å². The van der Waals surface area contributed by atoms with Crippen molar-refractivity contribution in [2.45, 2.75) is 18.9 Å². The van der Waals surface area contributed by atoms with E-state index in [1.54, 1.807) is 19.5 Å². The molecular weight excluding hydrogens is 224 g/mol. The van der Waals surface area contributed by atoms with Crippen molar-refractivity contribution >= 4 is 0 Å². The molecule has 1 heterocycles. The van der Waals surface area contributed by atoms with Crippen LogP contribution in [0.5, 0.6) is 5.75 Å². The molecular formula is C15H18N2O. The third-order valence-corrected chi connectivity index (χ3v) is 3.25. The molecule has 0 fully saturated rings. The summed E-state index contributed by atoms with van der Waals surface area (Å²) in [6.07, 6.45) is 3.59. The van der Waals surface area contributed by atoms with E-state index in [9.17, 15) is 0 Å². The molecule has 3 heteroatoms. The number of benzene rings is 1. The van der Waals surface area contributed by atoms with E-state index in [4.69, 9.17) is 10.5 Å². The summed E-state index contributed by atoms with van der Waals surface area (Å²) in [5.74, 6) is 1.07. The van der Waals surface area contributed by atoms with E-state index < -0.39 is 0 Å². The predicted molar refractivity (Wildman–Crippen MR) is 72.6 cm³/mol. The second kappa shape index (κ2) is 5.65. The van der Waals surface area contributed by atoms with Crippen LogP contribution in [0.25, 0.3) is 0 Å². The van der Waals surface area contributed by atoms with Gasteiger partial charge in [0.05, 0.1) is 7.11 Å². The second-order valence-corrected chi connectivity index (χ2v) is 4.37. The smallest absolute Gasteiger partial charge is 0.119 e. The summed E-state index contributed by atoms with van der Waals surface area (Å²) in [7, 11) is 1.66. The number of pyridine rings is 1. The van der Waals surface area contributed by atoms with Crippen LogP contribution in [-0.2, 0) is 0 Å². The van der Waals surface area contributed by atoms with Crippen LogP contribution in [0.4, 0.5) is 0 Å². The molecule has 2 aromatic rings. The summed E-state index contributed by atoms with van der Waals surface area (Å²) >= 11 is 0. The van der Waals surface area contributed by atoms with Gasteiger partial charge in [-0.25, -0.2) is 0 Å². The van der Waals surface area contributed by atoms with Crippen molar-refractivity contribution in [2.75, 3.05) is 7.11 Å². The number of hydrogen-bond acceptors (Lipinski definition) is 3. The zero-order valence-corrected chi connectivity index (χ0v) is 10.7. The lowest BCUT2D eigenvalue weighted by Gasteiger charge is -2.21. The van der Waals surface area contributed by atoms with Crippen LogP contribution in [0.1, 0.15) is 30.0 Å². The molecule has 0 spiro atoms. The fourth-order valence-electron chi connectivity index (χ4n) is 2.01. The number of methoxy groups -OCH3 is 1. The topological polar surface area (TPSA) is 48.1 Å². The summed E-state index contributed by atoms with van der Waals surface area (Å²) in [5.41, 5.74) is 8.60. The van der Waals surface area contributed by atoms with Gasteiger partial charge in [0.1, 0.15) is 5.75 Å². The molecule has 2 unspecified atom stereocenters. The lowest BCUT2D eigenvalue weighted by atomic mass is 9.90. The minimum Gasteiger partial charge on any atom is -0.497 e. The number of aromatic nitrogens is 1. The molecule has 2 atom stereocenters. The zero-order chi connectivity index (χ0) is 13.0. The standard InChI is InChI=1S/C15H18N2O/c1-11(12-6-8-17-9-7-12)15(16)13-4-3-5-14(10-13)18-2/h3-11,15H,16H2,1-2H3. The first-order valence-corrected chi connectivity index (χ1v) is 6.02. The number of nitrogens with two attached hydrogens (primary N) is 1. The Hall–Kier alpha value is -1.87. The SMILES string of the molecule is COc1cccc(C(N)C(C)c2ccncc2)c1. The predicted octanol–water partition coefficient (Wildman–Crippen LogP) is 2.89. The molecule has 0 aliphatic rings. The molecule has 2 rings (SSSR count). The lowest BCUT2D eigenvalue weighted by molar-refractivity contribution is 0.413. The van der Waals surface area contributed by atoms with Crippen molar-refractivity contribution in [1.29, 1.82) is 0 Å².